The Hall–Kier alpha value is -3.11. The third-order valence-electron chi connectivity index (χ3n) is 6.33. The van der Waals surface area contributed by atoms with Gasteiger partial charge in [0, 0.05) is 27.6 Å². The minimum Gasteiger partial charge on any atom is -0.493 e. The lowest BCUT2D eigenvalue weighted by molar-refractivity contribution is -0.123. The third kappa shape index (κ3) is 3.69. The normalized spacial score (nSPS) is 26.1. The number of hydrogen-bond donors (Lipinski definition) is 1. The van der Waals surface area contributed by atoms with Crippen molar-refractivity contribution in [3.63, 3.8) is 0 Å². The Bertz CT molecular complexity index is 1380. The molecule has 0 saturated carbocycles. The van der Waals surface area contributed by atoms with Gasteiger partial charge in [-0.05, 0) is 53.6 Å². The molecule has 2 heterocycles. The Morgan fingerprint density at radius 2 is 1.78 bits per heavy atom. The molecule has 1 atom stereocenters. The van der Waals surface area contributed by atoms with Gasteiger partial charge in [-0.15, -0.1) is 0 Å². The Kier molecular flexibility index (Phi) is 3.69. The summed E-state index contributed by atoms with van der Waals surface area (Å²) in [5.74, 6) is -1.08. The van der Waals surface area contributed by atoms with Crippen molar-refractivity contribution in [1.29, 1.82) is 0 Å². The summed E-state index contributed by atoms with van der Waals surface area (Å²) in [5, 5.41) is 0. The third-order valence-corrected chi connectivity index (χ3v) is 6.33. The molecule has 1 amide bonds. The zero-order valence-electron chi connectivity index (χ0n) is 25.5. The van der Waals surface area contributed by atoms with Crippen LogP contribution in [0.2, 0.25) is 0 Å². The second kappa shape index (κ2) is 8.79. The number of nitrogens with two attached hydrogens (primary N) is 1. The molecule has 2 aliphatic heterocycles. The van der Waals surface area contributed by atoms with Crippen molar-refractivity contribution in [2.75, 3.05) is 26.1 Å². The molecule has 0 bridgehead atoms. The first kappa shape index (κ1) is 13.4. The Morgan fingerprint density at radius 1 is 1.09 bits per heavy atom. The molecule has 4 heteroatoms. The maximum Gasteiger partial charge on any atom is 0.232 e. The molecule has 0 aliphatic carbocycles. The van der Waals surface area contributed by atoms with Gasteiger partial charge in [-0.2, -0.15) is 0 Å². The molecule has 0 spiro atoms. The fourth-order valence-corrected chi connectivity index (χ4v) is 4.81. The minimum absolute atomic E-state index is 0.0384. The van der Waals surface area contributed by atoms with E-state index in [9.17, 15) is 4.79 Å². The molecule has 1 saturated heterocycles. The lowest BCUT2D eigenvalue weighted by Gasteiger charge is -2.37. The van der Waals surface area contributed by atoms with Crippen molar-refractivity contribution < 1.29 is 20.5 Å². The van der Waals surface area contributed by atoms with E-state index in [1.54, 1.807) is 0 Å². The van der Waals surface area contributed by atoms with Gasteiger partial charge in [-0.1, -0.05) is 72.8 Å². The number of carbonyl (C=O) groups is 1. The molecule has 0 radical (unpaired) electrons. The number of nitrogens with zero attached hydrogens (tertiary/aromatic N) is 1. The zero-order chi connectivity index (χ0) is 29.1. The summed E-state index contributed by atoms with van der Waals surface area (Å²) >= 11 is 0. The van der Waals surface area contributed by atoms with Crippen molar-refractivity contribution in [2.45, 2.75) is 24.6 Å². The fraction of sp³-hybridized carbons (Fsp3) is 0.321. The number of ether oxygens (including phenoxy) is 1. The maximum atomic E-state index is 13.4. The molecular formula is C28H30N2O2. The van der Waals surface area contributed by atoms with Gasteiger partial charge in [0.05, 0.1) is 9.30 Å². The number of benzene rings is 3. The summed E-state index contributed by atoms with van der Waals surface area (Å²) in [5.41, 5.74) is 5.92. The van der Waals surface area contributed by atoms with E-state index in [0.717, 1.165) is 6.07 Å². The van der Waals surface area contributed by atoms with Crippen molar-refractivity contribution in [2.24, 2.45) is 11.7 Å². The van der Waals surface area contributed by atoms with Crippen LogP contribution in [0.4, 0.5) is 0 Å². The van der Waals surface area contributed by atoms with Crippen LogP contribution >= 0.6 is 0 Å². The molecule has 0 aromatic heterocycles. The number of rotatable bonds is 7. The first-order chi connectivity index (χ1) is 18.7. The highest BCUT2D eigenvalue weighted by Gasteiger charge is 2.49. The number of fused-ring (bicyclic) bond motifs is 1. The van der Waals surface area contributed by atoms with Gasteiger partial charge >= 0.3 is 0 Å². The minimum atomic E-state index is -2.64. The number of carbonyl (C=O) groups excluding carboxylic acids is 1. The quantitative estimate of drug-likeness (QED) is 0.612. The van der Waals surface area contributed by atoms with Gasteiger partial charge in [0.25, 0.3) is 0 Å². The molecule has 32 heavy (non-hydrogen) atoms. The number of amides is 1. The van der Waals surface area contributed by atoms with Crippen LogP contribution in [0.3, 0.4) is 0 Å². The number of hydrogen-bond acceptors (Lipinski definition) is 3. The Balaban J connectivity index is 1.52. The summed E-state index contributed by atoms with van der Waals surface area (Å²) in [6.45, 7) is -5.02. The standard InChI is InChI=1S/C28H30N2O2/c29-27(31)28(23-7-3-1-4-8-23,24-9-5-2-6-10-24)25-14-17-30(20-25)16-13-21-11-12-26-22(19-21)15-18-32-26/h1-12,19,25H,13-18,20H2,(H2,29,31)/t25-/m1/s1/i13D2,15D2,16D2,18D2. The van der Waals surface area contributed by atoms with E-state index >= 15 is 0 Å². The smallest absolute Gasteiger partial charge is 0.232 e. The van der Waals surface area contributed by atoms with Crippen molar-refractivity contribution in [1.82, 2.24) is 4.90 Å². The lowest BCUT2D eigenvalue weighted by Crippen LogP contribution is -2.49. The van der Waals surface area contributed by atoms with Crippen LogP contribution in [0, 0.1) is 5.92 Å². The van der Waals surface area contributed by atoms with Crippen LogP contribution in [0.25, 0.3) is 0 Å². The fourth-order valence-electron chi connectivity index (χ4n) is 4.81. The summed E-state index contributed by atoms with van der Waals surface area (Å²) in [4.78, 5) is 14.7. The summed E-state index contributed by atoms with van der Waals surface area (Å²) in [7, 11) is 0. The monoisotopic (exact) mass is 434 g/mol. The van der Waals surface area contributed by atoms with E-state index in [-0.39, 0.29) is 30.0 Å². The lowest BCUT2D eigenvalue weighted by atomic mass is 9.64. The van der Waals surface area contributed by atoms with E-state index in [1.807, 2.05) is 60.7 Å². The number of primary amides is 1. The topological polar surface area (TPSA) is 55.6 Å². The molecule has 0 unspecified atom stereocenters. The highest BCUT2D eigenvalue weighted by molar-refractivity contribution is 5.91. The second-order valence-electron chi connectivity index (χ2n) is 8.11. The van der Waals surface area contributed by atoms with Gasteiger partial charge in [0.15, 0.2) is 0 Å². The van der Waals surface area contributed by atoms with Crippen LogP contribution in [-0.4, -0.2) is 37.0 Å². The molecule has 2 aliphatic rings. The van der Waals surface area contributed by atoms with E-state index in [1.165, 1.54) is 17.0 Å². The average molecular weight is 435 g/mol. The Labute approximate surface area is 201 Å². The predicted molar refractivity (Wildman–Crippen MR) is 127 cm³/mol. The van der Waals surface area contributed by atoms with Crippen LogP contribution in [0.1, 0.15) is 39.6 Å². The SMILES string of the molecule is [2H]C1([2H])Oc2ccc(C([2H])([2H])C([2H])([2H])N3CC[C@@H](C(C(N)=O)(c4ccccc4)c4ccccc4)C3)cc2C1([2H])[2H]. The number of aryl methyl sites for hydroxylation is 2. The van der Waals surface area contributed by atoms with Crippen molar-refractivity contribution >= 4 is 5.91 Å². The van der Waals surface area contributed by atoms with Gasteiger partial charge in [0.2, 0.25) is 5.91 Å². The summed E-state index contributed by atoms with van der Waals surface area (Å²) in [6.07, 6.45) is -4.80. The summed E-state index contributed by atoms with van der Waals surface area (Å²) in [6, 6.07) is 22.0. The summed E-state index contributed by atoms with van der Waals surface area (Å²) < 4.78 is 72.9. The molecule has 164 valence electrons. The average Bonchev–Trinajstić information content (AvgIpc) is 3.47. The molecule has 4 nitrogen and oxygen atoms in total. The zero-order valence-corrected chi connectivity index (χ0v) is 17.5. The maximum absolute atomic E-state index is 13.4. The first-order valence-corrected chi connectivity index (χ1v) is 10.7. The van der Waals surface area contributed by atoms with Gasteiger partial charge in [-0.25, -0.2) is 0 Å². The predicted octanol–water partition coefficient (Wildman–Crippen LogP) is 3.96. The van der Waals surface area contributed by atoms with Gasteiger partial charge < -0.3 is 15.4 Å². The van der Waals surface area contributed by atoms with E-state index in [2.05, 4.69) is 0 Å². The number of likely N-dealkylation sites (tertiary alicyclic amines) is 1. The largest absolute Gasteiger partial charge is 0.493 e. The first-order valence-electron chi connectivity index (χ1n) is 14.7. The molecule has 1 fully saturated rings. The highest BCUT2D eigenvalue weighted by Crippen LogP contribution is 2.43. The molecule has 2 N–H and O–H groups in total. The van der Waals surface area contributed by atoms with Crippen molar-refractivity contribution in [3.8, 4) is 5.75 Å². The van der Waals surface area contributed by atoms with Crippen LogP contribution in [-0.2, 0) is 23.0 Å². The molecular weight excluding hydrogens is 396 g/mol. The van der Waals surface area contributed by atoms with Crippen LogP contribution in [0.15, 0.2) is 78.9 Å². The van der Waals surface area contributed by atoms with E-state index < -0.39 is 43.0 Å². The van der Waals surface area contributed by atoms with Gasteiger partial charge in [0.1, 0.15) is 11.2 Å². The Morgan fingerprint density at radius 3 is 2.44 bits per heavy atom. The molecule has 3 aromatic rings. The molecule has 3 aromatic carbocycles. The van der Waals surface area contributed by atoms with E-state index in [0.29, 0.717) is 17.5 Å². The van der Waals surface area contributed by atoms with Crippen LogP contribution < -0.4 is 10.5 Å². The van der Waals surface area contributed by atoms with Gasteiger partial charge in [-0.3, -0.25) is 4.79 Å². The molecule has 5 rings (SSSR count). The van der Waals surface area contributed by atoms with Crippen molar-refractivity contribution in [3.05, 3.63) is 101 Å². The second-order valence-corrected chi connectivity index (χ2v) is 8.11. The highest BCUT2D eigenvalue weighted by atomic mass is 16.5. The van der Waals surface area contributed by atoms with E-state index in [4.69, 9.17) is 21.4 Å². The van der Waals surface area contributed by atoms with Crippen LogP contribution in [0.5, 0.6) is 5.75 Å².